The van der Waals surface area contributed by atoms with E-state index in [1.165, 1.54) is 18.2 Å². The average Bonchev–Trinajstić information content (AvgIpc) is 2.14. The molecule has 1 rings (SSSR count). The Hall–Kier alpha value is -1.76. The van der Waals surface area contributed by atoms with Crippen molar-refractivity contribution in [1.29, 1.82) is 5.26 Å². The summed E-state index contributed by atoms with van der Waals surface area (Å²) < 4.78 is 12.6. The van der Waals surface area contributed by atoms with E-state index in [-0.39, 0.29) is 12.2 Å². The maximum Gasteiger partial charge on any atom is 0.182 e. The standard InChI is InChI=1S/C9H7FN2O/c10-8-3-1-2-7(4-8)5-9(6-11)12-13/h1-4,9H,5H2. The third-order valence-electron chi connectivity index (χ3n) is 1.59. The van der Waals surface area contributed by atoms with Crippen molar-refractivity contribution >= 4 is 0 Å². The normalized spacial score (nSPS) is 11.7. The summed E-state index contributed by atoms with van der Waals surface area (Å²) in [4.78, 5) is 10.1. The van der Waals surface area contributed by atoms with Crippen LogP contribution in [-0.4, -0.2) is 6.04 Å². The van der Waals surface area contributed by atoms with Gasteiger partial charge in [-0.25, -0.2) is 4.39 Å². The molecule has 0 N–H and O–H groups in total. The third kappa shape index (κ3) is 2.64. The van der Waals surface area contributed by atoms with Crippen LogP contribution in [0, 0.1) is 22.1 Å². The summed E-state index contributed by atoms with van der Waals surface area (Å²) in [6.07, 6.45) is 0.164. The molecule has 0 heterocycles. The van der Waals surface area contributed by atoms with Gasteiger partial charge in [-0.1, -0.05) is 17.3 Å². The van der Waals surface area contributed by atoms with Gasteiger partial charge in [0.2, 0.25) is 0 Å². The van der Waals surface area contributed by atoms with Gasteiger partial charge >= 0.3 is 0 Å². The molecule has 66 valence electrons. The summed E-state index contributed by atoms with van der Waals surface area (Å²) in [6, 6.07) is 6.56. The van der Waals surface area contributed by atoms with E-state index >= 15 is 0 Å². The summed E-state index contributed by atoms with van der Waals surface area (Å²) in [7, 11) is 0. The van der Waals surface area contributed by atoms with E-state index in [4.69, 9.17) is 5.26 Å². The Labute approximate surface area is 74.8 Å². The summed E-state index contributed by atoms with van der Waals surface area (Å²) >= 11 is 0. The maximum atomic E-state index is 12.6. The first kappa shape index (κ1) is 9.33. The molecule has 1 unspecified atom stereocenters. The van der Waals surface area contributed by atoms with Gasteiger partial charge in [0.25, 0.3) is 0 Å². The zero-order chi connectivity index (χ0) is 9.68. The van der Waals surface area contributed by atoms with E-state index in [0.717, 1.165) is 0 Å². The lowest BCUT2D eigenvalue weighted by atomic mass is 10.1. The molecule has 0 aliphatic rings. The molecule has 1 aromatic carbocycles. The van der Waals surface area contributed by atoms with E-state index in [2.05, 4.69) is 5.18 Å². The molecule has 0 aromatic heterocycles. The summed E-state index contributed by atoms with van der Waals surface area (Å²) in [6.45, 7) is 0. The largest absolute Gasteiger partial charge is 0.207 e. The number of hydrogen-bond acceptors (Lipinski definition) is 3. The highest BCUT2D eigenvalue weighted by Gasteiger charge is 2.07. The summed E-state index contributed by atoms with van der Waals surface area (Å²) in [5.74, 6) is -0.375. The van der Waals surface area contributed by atoms with Gasteiger partial charge in [0.05, 0.1) is 6.07 Å². The first-order valence-corrected chi connectivity index (χ1v) is 3.73. The van der Waals surface area contributed by atoms with Crippen molar-refractivity contribution in [2.75, 3.05) is 0 Å². The van der Waals surface area contributed by atoms with Crippen molar-refractivity contribution in [3.8, 4) is 6.07 Å². The van der Waals surface area contributed by atoms with Crippen LogP contribution < -0.4 is 0 Å². The number of rotatable bonds is 3. The Kier molecular flexibility index (Phi) is 3.09. The van der Waals surface area contributed by atoms with Crippen LogP contribution in [0.4, 0.5) is 4.39 Å². The minimum Gasteiger partial charge on any atom is -0.207 e. The molecule has 1 aromatic rings. The van der Waals surface area contributed by atoms with Gasteiger partial charge in [-0.05, 0) is 17.7 Å². The van der Waals surface area contributed by atoms with E-state index in [1.807, 2.05) is 0 Å². The first-order valence-electron chi connectivity index (χ1n) is 3.73. The van der Waals surface area contributed by atoms with Gasteiger partial charge in [0.1, 0.15) is 5.82 Å². The fourth-order valence-electron chi connectivity index (χ4n) is 0.994. The SMILES string of the molecule is N#CC(Cc1cccc(F)c1)N=O. The molecule has 3 nitrogen and oxygen atoms in total. The second-order valence-corrected chi connectivity index (χ2v) is 2.58. The van der Waals surface area contributed by atoms with Gasteiger partial charge < -0.3 is 0 Å². The van der Waals surface area contributed by atoms with E-state index in [0.29, 0.717) is 5.56 Å². The van der Waals surface area contributed by atoms with Crippen molar-refractivity contribution in [2.24, 2.45) is 5.18 Å². The monoisotopic (exact) mass is 178 g/mol. The Morgan fingerprint density at radius 2 is 2.38 bits per heavy atom. The molecule has 0 saturated carbocycles. The van der Waals surface area contributed by atoms with Crippen LogP contribution in [-0.2, 0) is 6.42 Å². The molecule has 0 spiro atoms. The molecule has 0 aliphatic heterocycles. The number of hydrogen-bond donors (Lipinski definition) is 0. The minimum atomic E-state index is -0.929. The van der Waals surface area contributed by atoms with Crippen molar-refractivity contribution in [1.82, 2.24) is 0 Å². The smallest absolute Gasteiger partial charge is 0.182 e. The molecule has 13 heavy (non-hydrogen) atoms. The van der Waals surface area contributed by atoms with Crippen molar-refractivity contribution in [3.05, 3.63) is 40.6 Å². The van der Waals surface area contributed by atoms with Crippen LogP contribution in [0.25, 0.3) is 0 Å². The Bertz CT molecular complexity index is 346. The highest BCUT2D eigenvalue weighted by Crippen LogP contribution is 2.07. The third-order valence-corrected chi connectivity index (χ3v) is 1.59. The van der Waals surface area contributed by atoms with E-state index < -0.39 is 6.04 Å². The van der Waals surface area contributed by atoms with Gasteiger partial charge in [-0.2, -0.15) is 5.26 Å². The lowest BCUT2D eigenvalue weighted by Gasteiger charge is -1.99. The lowest BCUT2D eigenvalue weighted by Crippen LogP contribution is -2.04. The van der Waals surface area contributed by atoms with Crippen LogP contribution >= 0.6 is 0 Å². The van der Waals surface area contributed by atoms with Crippen LogP contribution in [0.2, 0.25) is 0 Å². The van der Waals surface area contributed by atoms with Crippen LogP contribution in [0.1, 0.15) is 5.56 Å². The van der Waals surface area contributed by atoms with Crippen molar-refractivity contribution < 1.29 is 4.39 Å². The van der Waals surface area contributed by atoms with Gasteiger partial charge in [-0.15, -0.1) is 4.91 Å². The number of nitriles is 1. The minimum absolute atomic E-state index is 0.164. The maximum absolute atomic E-state index is 12.6. The fourth-order valence-corrected chi connectivity index (χ4v) is 0.994. The van der Waals surface area contributed by atoms with Crippen LogP contribution in [0.3, 0.4) is 0 Å². The molecule has 0 aliphatic carbocycles. The van der Waals surface area contributed by atoms with Gasteiger partial charge in [0.15, 0.2) is 6.04 Å². The predicted molar refractivity (Wildman–Crippen MR) is 45.3 cm³/mol. The molecule has 1 atom stereocenters. The molecule has 0 radical (unpaired) electrons. The van der Waals surface area contributed by atoms with Crippen molar-refractivity contribution in [2.45, 2.75) is 12.5 Å². The Morgan fingerprint density at radius 1 is 1.62 bits per heavy atom. The second-order valence-electron chi connectivity index (χ2n) is 2.58. The van der Waals surface area contributed by atoms with Crippen LogP contribution in [0.5, 0.6) is 0 Å². The van der Waals surface area contributed by atoms with E-state index in [9.17, 15) is 9.30 Å². The molecular weight excluding hydrogens is 171 g/mol. The lowest BCUT2D eigenvalue weighted by molar-refractivity contribution is 0.624. The summed E-state index contributed by atoms with van der Waals surface area (Å²) in [5.41, 5.74) is 0.603. The summed E-state index contributed by atoms with van der Waals surface area (Å²) in [5, 5.41) is 11.0. The van der Waals surface area contributed by atoms with E-state index in [1.54, 1.807) is 12.1 Å². The number of halogens is 1. The highest BCUT2D eigenvalue weighted by atomic mass is 19.1. The Balaban J connectivity index is 2.74. The topological polar surface area (TPSA) is 53.2 Å². The molecule has 0 bridgehead atoms. The molecular formula is C9H7FN2O. The molecule has 0 saturated heterocycles. The number of nitroso groups, excluding NO2 is 1. The average molecular weight is 178 g/mol. The Morgan fingerprint density at radius 3 is 2.92 bits per heavy atom. The molecule has 0 fully saturated rings. The first-order chi connectivity index (χ1) is 6.26. The molecule has 4 heteroatoms. The van der Waals surface area contributed by atoms with Crippen LogP contribution in [0.15, 0.2) is 29.4 Å². The highest BCUT2D eigenvalue weighted by molar-refractivity contribution is 5.19. The fraction of sp³-hybridized carbons (Fsp3) is 0.222. The number of benzene rings is 1. The van der Waals surface area contributed by atoms with Gasteiger partial charge in [0, 0.05) is 6.42 Å². The zero-order valence-electron chi connectivity index (χ0n) is 6.77. The van der Waals surface area contributed by atoms with Crippen molar-refractivity contribution in [3.63, 3.8) is 0 Å². The molecule has 0 amide bonds. The second kappa shape index (κ2) is 4.31. The number of nitrogens with zero attached hydrogens (tertiary/aromatic N) is 2. The quantitative estimate of drug-likeness (QED) is 0.665. The van der Waals surface area contributed by atoms with Gasteiger partial charge in [-0.3, -0.25) is 0 Å². The zero-order valence-corrected chi connectivity index (χ0v) is 6.77. The predicted octanol–water partition coefficient (Wildman–Crippen LogP) is 2.03.